The summed E-state index contributed by atoms with van der Waals surface area (Å²) in [6, 6.07) is 10.7. The van der Waals surface area contributed by atoms with E-state index >= 15 is 0 Å². The van der Waals surface area contributed by atoms with Gasteiger partial charge in [-0.15, -0.1) is 0 Å². The van der Waals surface area contributed by atoms with E-state index in [2.05, 4.69) is 10.4 Å². The van der Waals surface area contributed by atoms with Crippen molar-refractivity contribution in [3.05, 3.63) is 87.7 Å². The monoisotopic (exact) mass is 445 g/mol. The quantitative estimate of drug-likeness (QED) is 0.584. The Kier molecular flexibility index (Phi) is 6.38. The van der Waals surface area contributed by atoms with E-state index < -0.39 is 29.7 Å². The molecule has 1 unspecified atom stereocenters. The summed E-state index contributed by atoms with van der Waals surface area (Å²) in [6.07, 6.45) is -4.39. The molecule has 32 heavy (non-hydrogen) atoms. The summed E-state index contributed by atoms with van der Waals surface area (Å²) in [5, 5.41) is 16.2. The Hall–Kier alpha value is -3.62. The SMILES string of the molecule is Cc1c(C(=O)NC(C)c2ccc(C(=O)O)cc2)c(Cc2cccc(C(F)(F)F)c2)nn1C. The van der Waals surface area contributed by atoms with Crippen molar-refractivity contribution in [2.75, 3.05) is 0 Å². The number of aromatic carboxylic acids is 1. The van der Waals surface area contributed by atoms with Crippen LogP contribution in [0.25, 0.3) is 0 Å². The molecular formula is C23H22F3N3O3. The third-order valence-electron chi connectivity index (χ3n) is 5.26. The molecule has 2 aromatic carbocycles. The number of halogens is 3. The van der Waals surface area contributed by atoms with Gasteiger partial charge in [0.15, 0.2) is 0 Å². The van der Waals surface area contributed by atoms with Crippen LogP contribution in [0.15, 0.2) is 48.5 Å². The Morgan fingerprint density at radius 3 is 2.41 bits per heavy atom. The first kappa shape index (κ1) is 23.1. The maximum atomic E-state index is 13.0. The van der Waals surface area contributed by atoms with Crippen molar-refractivity contribution >= 4 is 11.9 Å². The summed E-state index contributed by atoms with van der Waals surface area (Å²) < 4.78 is 40.6. The fourth-order valence-corrected chi connectivity index (χ4v) is 3.41. The molecule has 0 aliphatic carbocycles. The third-order valence-corrected chi connectivity index (χ3v) is 5.26. The molecule has 1 aromatic heterocycles. The summed E-state index contributed by atoms with van der Waals surface area (Å²) in [5.41, 5.74) is 1.74. The van der Waals surface area contributed by atoms with E-state index in [1.807, 2.05) is 0 Å². The van der Waals surface area contributed by atoms with Gasteiger partial charge in [0.25, 0.3) is 5.91 Å². The molecule has 0 saturated carbocycles. The summed E-state index contributed by atoms with van der Waals surface area (Å²) in [6.45, 7) is 3.47. The van der Waals surface area contributed by atoms with Crippen molar-refractivity contribution in [3.63, 3.8) is 0 Å². The number of nitrogens with zero attached hydrogens (tertiary/aromatic N) is 2. The Labute approximate surface area is 182 Å². The first-order valence-corrected chi connectivity index (χ1v) is 9.80. The predicted molar refractivity (Wildman–Crippen MR) is 111 cm³/mol. The zero-order chi connectivity index (χ0) is 23.6. The lowest BCUT2D eigenvalue weighted by molar-refractivity contribution is -0.137. The van der Waals surface area contributed by atoms with Crippen LogP contribution >= 0.6 is 0 Å². The molecule has 0 bridgehead atoms. The molecule has 3 rings (SSSR count). The van der Waals surface area contributed by atoms with E-state index in [4.69, 9.17) is 5.11 Å². The van der Waals surface area contributed by atoms with Crippen LogP contribution in [0.2, 0.25) is 0 Å². The van der Waals surface area contributed by atoms with Crippen LogP contribution in [0, 0.1) is 6.92 Å². The second kappa shape index (κ2) is 8.86. The van der Waals surface area contributed by atoms with Gasteiger partial charge in [-0.25, -0.2) is 4.79 Å². The molecule has 0 aliphatic rings. The molecule has 2 N–H and O–H groups in total. The number of carboxylic acid groups (broad SMARTS) is 1. The number of rotatable bonds is 6. The van der Waals surface area contributed by atoms with Gasteiger partial charge < -0.3 is 10.4 Å². The Bertz CT molecular complexity index is 1150. The van der Waals surface area contributed by atoms with Gasteiger partial charge in [-0.3, -0.25) is 9.48 Å². The standard InChI is InChI=1S/C23H22F3N3O3/c1-13(16-7-9-17(10-8-16)22(31)32)27-21(30)20-14(2)29(3)28-19(20)12-15-5-4-6-18(11-15)23(24,25)26/h4-11,13H,12H2,1-3H3,(H,27,30)(H,31,32). The maximum absolute atomic E-state index is 13.0. The summed E-state index contributed by atoms with van der Waals surface area (Å²) in [5.74, 6) is -1.45. The van der Waals surface area contributed by atoms with Gasteiger partial charge >= 0.3 is 12.1 Å². The smallest absolute Gasteiger partial charge is 0.416 e. The average molecular weight is 445 g/mol. The molecule has 6 nitrogen and oxygen atoms in total. The highest BCUT2D eigenvalue weighted by molar-refractivity contribution is 5.96. The molecule has 0 radical (unpaired) electrons. The van der Waals surface area contributed by atoms with Crippen LogP contribution in [0.5, 0.6) is 0 Å². The molecule has 0 saturated heterocycles. The van der Waals surface area contributed by atoms with Crippen molar-refractivity contribution in [2.24, 2.45) is 7.05 Å². The van der Waals surface area contributed by atoms with Crippen molar-refractivity contribution in [1.82, 2.24) is 15.1 Å². The number of nitrogens with one attached hydrogen (secondary N) is 1. The van der Waals surface area contributed by atoms with Gasteiger partial charge in [-0.05, 0) is 43.2 Å². The number of alkyl halides is 3. The number of amides is 1. The normalized spacial score (nSPS) is 12.4. The zero-order valence-electron chi connectivity index (χ0n) is 17.7. The summed E-state index contributed by atoms with van der Waals surface area (Å²) in [7, 11) is 1.66. The topological polar surface area (TPSA) is 84.2 Å². The van der Waals surface area contributed by atoms with Crippen LogP contribution in [-0.2, 0) is 19.6 Å². The van der Waals surface area contributed by atoms with Crippen LogP contribution in [0.3, 0.4) is 0 Å². The van der Waals surface area contributed by atoms with Gasteiger partial charge in [0, 0.05) is 19.2 Å². The maximum Gasteiger partial charge on any atom is 0.416 e. The van der Waals surface area contributed by atoms with Crippen molar-refractivity contribution in [3.8, 4) is 0 Å². The largest absolute Gasteiger partial charge is 0.478 e. The van der Waals surface area contributed by atoms with Crippen LogP contribution < -0.4 is 5.32 Å². The fraction of sp³-hybridized carbons (Fsp3) is 0.261. The fourth-order valence-electron chi connectivity index (χ4n) is 3.41. The van der Waals surface area contributed by atoms with Crippen LogP contribution in [0.4, 0.5) is 13.2 Å². The summed E-state index contributed by atoms with van der Waals surface area (Å²) >= 11 is 0. The minimum Gasteiger partial charge on any atom is -0.478 e. The molecular weight excluding hydrogens is 423 g/mol. The highest BCUT2D eigenvalue weighted by atomic mass is 19.4. The third kappa shape index (κ3) is 4.99. The van der Waals surface area contributed by atoms with E-state index in [9.17, 15) is 22.8 Å². The van der Waals surface area contributed by atoms with Gasteiger partial charge in [-0.2, -0.15) is 18.3 Å². The van der Waals surface area contributed by atoms with E-state index in [1.165, 1.54) is 22.9 Å². The molecule has 9 heteroatoms. The first-order valence-electron chi connectivity index (χ1n) is 9.80. The second-order valence-electron chi connectivity index (χ2n) is 7.53. The van der Waals surface area contributed by atoms with Crippen molar-refractivity contribution < 1.29 is 27.9 Å². The highest BCUT2D eigenvalue weighted by Gasteiger charge is 2.30. The van der Waals surface area contributed by atoms with Gasteiger partial charge in [0.2, 0.25) is 0 Å². The van der Waals surface area contributed by atoms with E-state index in [0.717, 1.165) is 12.1 Å². The zero-order valence-corrected chi connectivity index (χ0v) is 17.7. The minimum atomic E-state index is -4.46. The number of aromatic nitrogens is 2. The molecule has 0 aliphatic heterocycles. The molecule has 1 atom stereocenters. The van der Waals surface area contributed by atoms with E-state index in [-0.39, 0.29) is 12.0 Å². The van der Waals surface area contributed by atoms with Crippen molar-refractivity contribution in [1.29, 1.82) is 0 Å². The Morgan fingerprint density at radius 1 is 1.16 bits per heavy atom. The van der Waals surface area contributed by atoms with Crippen molar-refractivity contribution in [2.45, 2.75) is 32.5 Å². The number of carbonyl (C=O) groups is 2. The average Bonchev–Trinajstić information content (AvgIpc) is 3.00. The molecule has 168 valence electrons. The number of benzene rings is 2. The van der Waals surface area contributed by atoms with Crippen LogP contribution in [0.1, 0.15) is 61.8 Å². The number of carboxylic acids is 1. The van der Waals surface area contributed by atoms with E-state index in [0.29, 0.717) is 28.1 Å². The Morgan fingerprint density at radius 2 is 1.81 bits per heavy atom. The lowest BCUT2D eigenvalue weighted by Crippen LogP contribution is -2.28. The molecule has 1 heterocycles. The van der Waals surface area contributed by atoms with Crippen LogP contribution in [-0.4, -0.2) is 26.8 Å². The predicted octanol–water partition coefficient (Wildman–Crippen LogP) is 4.53. The molecule has 3 aromatic rings. The number of hydrogen-bond donors (Lipinski definition) is 2. The molecule has 0 spiro atoms. The number of carbonyl (C=O) groups excluding carboxylic acids is 1. The number of hydrogen-bond acceptors (Lipinski definition) is 3. The highest BCUT2D eigenvalue weighted by Crippen LogP contribution is 2.30. The Balaban J connectivity index is 1.84. The lowest BCUT2D eigenvalue weighted by atomic mass is 10.0. The first-order chi connectivity index (χ1) is 15.0. The van der Waals surface area contributed by atoms with Gasteiger partial charge in [0.05, 0.1) is 28.4 Å². The second-order valence-corrected chi connectivity index (χ2v) is 7.53. The number of aryl methyl sites for hydroxylation is 1. The lowest BCUT2D eigenvalue weighted by Gasteiger charge is -2.15. The van der Waals surface area contributed by atoms with E-state index in [1.54, 1.807) is 39.1 Å². The summed E-state index contributed by atoms with van der Waals surface area (Å²) in [4.78, 5) is 24.0. The van der Waals surface area contributed by atoms with Gasteiger partial charge in [0.1, 0.15) is 0 Å². The molecule has 1 amide bonds. The molecule has 0 fully saturated rings. The minimum absolute atomic E-state index is 0.0655. The van der Waals surface area contributed by atoms with Gasteiger partial charge in [-0.1, -0.05) is 30.3 Å².